The highest BCUT2D eigenvalue weighted by molar-refractivity contribution is 6.00. The van der Waals surface area contributed by atoms with Gasteiger partial charge in [-0.2, -0.15) is 0 Å². The third-order valence-corrected chi connectivity index (χ3v) is 16.4. The predicted octanol–water partition coefficient (Wildman–Crippen LogP) is -1.72. The van der Waals surface area contributed by atoms with Crippen LogP contribution in [0.1, 0.15) is 117 Å². The van der Waals surface area contributed by atoms with E-state index in [0.29, 0.717) is 23.2 Å². The number of rotatable bonds is 38. The number of aliphatic hydroxyl groups excluding tert-OH is 1. The summed E-state index contributed by atoms with van der Waals surface area (Å²) in [5.74, 6) is -14.2. The molecule has 0 bridgehead atoms. The largest absolute Gasteiger partial charge is 0.508 e. The zero-order valence-corrected chi connectivity index (χ0v) is 54.8. The molecule has 19 N–H and O–H groups in total. The van der Waals surface area contributed by atoms with E-state index in [1.54, 1.807) is 65.9 Å². The van der Waals surface area contributed by atoms with E-state index in [0.717, 1.165) is 17.8 Å². The van der Waals surface area contributed by atoms with Crippen LogP contribution in [0.3, 0.4) is 0 Å². The Morgan fingerprint density at radius 3 is 1.85 bits per heavy atom. The number of nitrogens with one attached hydrogen (secondary N) is 11. The second-order valence-electron chi connectivity index (χ2n) is 24.8. The van der Waals surface area contributed by atoms with Crippen molar-refractivity contribution in [1.82, 2.24) is 67.7 Å². The molecule has 0 saturated carbocycles. The second-order valence-corrected chi connectivity index (χ2v) is 24.8. The Kier molecular flexibility index (Phi) is 29.3. The van der Waals surface area contributed by atoms with Gasteiger partial charge in [0, 0.05) is 61.2 Å². The van der Waals surface area contributed by atoms with Gasteiger partial charge in [0.15, 0.2) is 0 Å². The van der Waals surface area contributed by atoms with Crippen LogP contribution in [0.5, 0.6) is 5.75 Å². The summed E-state index contributed by atoms with van der Waals surface area (Å²) in [6, 6.07) is -1.47. The maximum absolute atomic E-state index is 14.9. The molecule has 524 valence electrons. The van der Waals surface area contributed by atoms with E-state index in [1.807, 2.05) is 18.2 Å². The highest BCUT2D eigenvalue weighted by Crippen LogP contribution is 2.24. The number of aromatic amines is 2. The fraction of sp³-hybridized carbons (Fsp3) is 0.531. The number of carbonyl (C=O) groups excluding carboxylic acids is 11. The van der Waals surface area contributed by atoms with Crippen LogP contribution in [-0.4, -0.2) is 197 Å². The molecule has 32 nitrogen and oxygen atoms in total. The van der Waals surface area contributed by atoms with Crippen molar-refractivity contribution in [3.8, 4) is 5.75 Å². The first-order valence-electron chi connectivity index (χ1n) is 31.8. The molecule has 0 radical (unpaired) electrons. The number of hydrogen-bond donors (Lipinski definition) is 17. The fourth-order valence-electron chi connectivity index (χ4n) is 10.8. The lowest BCUT2D eigenvalue weighted by molar-refractivity contribution is -0.145. The Morgan fingerprint density at radius 2 is 1.25 bits per heavy atom. The highest BCUT2D eigenvalue weighted by atomic mass is 16.4. The van der Waals surface area contributed by atoms with E-state index < -0.39 is 188 Å². The Hall–Kier alpha value is -9.98. The molecular formula is C64H91N15O17. The van der Waals surface area contributed by atoms with E-state index in [4.69, 9.17) is 11.5 Å². The van der Waals surface area contributed by atoms with Gasteiger partial charge >= 0.3 is 11.9 Å². The topological polar surface area (TPSA) is 511 Å². The normalized spacial score (nSPS) is 16.4. The van der Waals surface area contributed by atoms with Crippen LogP contribution in [-0.2, 0) is 81.6 Å². The Bertz CT molecular complexity index is 3380. The molecule has 3 heterocycles. The number of nitrogens with two attached hydrogens (primary N) is 2. The number of hydrogen-bond acceptors (Lipinski definition) is 17. The van der Waals surface area contributed by atoms with E-state index in [9.17, 15) is 82.8 Å². The van der Waals surface area contributed by atoms with Crippen molar-refractivity contribution in [2.45, 2.75) is 186 Å². The van der Waals surface area contributed by atoms with Gasteiger partial charge in [-0.05, 0) is 92.5 Å². The molecule has 32 heteroatoms. The smallest absolute Gasteiger partial charge is 0.326 e. The number of aromatic hydroxyl groups is 1. The molecule has 1 aliphatic heterocycles. The molecular weight excluding hydrogens is 1250 g/mol. The average Bonchev–Trinajstić information content (AvgIpc) is 1.64. The molecule has 11 amide bonds. The van der Waals surface area contributed by atoms with Crippen LogP contribution in [0.25, 0.3) is 10.9 Å². The van der Waals surface area contributed by atoms with E-state index in [2.05, 4.69) is 62.8 Å². The minimum absolute atomic E-state index is 0.00433. The zero-order chi connectivity index (χ0) is 71.1. The molecule has 5 rings (SSSR count). The molecule has 0 aliphatic carbocycles. The quantitative estimate of drug-likeness (QED) is 0.0237. The van der Waals surface area contributed by atoms with Crippen LogP contribution in [0.15, 0.2) is 67.3 Å². The van der Waals surface area contributed by atoms with Crippen molar-refractivity contribution in [1.29, 1.82) is 0 Å². The number of fused-ring (bicyclic) bond motifs is 1. The number of H-pyrrole nitrogens is 2. The average molecular weight is 1340 g/mol. The first kappa shape index (κ1) is 76.7. The number of carboxylic acids is 2. The van der Waals surface area contributed by atoms with Crippen LogP contribution < -0.4 is 59.3 Å². The lowest BCUT2D eigenvalue weighted by Crippen LogP contribution is -2.63. The number of benzene rings is 2. The maximum Gasteiger partial charge on any atom is 0.326 e. The summed E-state index contributed by atoms with van der Waals surface area (Å²) < 4.78 is 0. The molecule has 0 unspecified atom stereocenters. The number of imidazole rings is 1. The van der Waals surface area contributed by atoms with Crippen LogP contribution in [0.2, 0.25) is 0 Å². The summed E-state index contributed by atoms with van der Waals surface area (Å²) in [5, 5.41) is 63.5. The Morgan fingerprint density at radius 1 is 0.656 bits per heavy atom. The molecule has 12 atom stereocenters. The van der Waals surface area contributed by atoms with Gasteiger partial charge in [0.1, 0.15) is 60.1 Å². The number of carbonyl (C=O) groups is 13. The van der Waals surface area contributed by atoms with Crippen molar-refractivity contribution in [3.63, 3.8) is 0 Å². The molecule has 2 aromatic carbocycles. The lowest BCUT2D eigenvalue weighted by atomic mass is 9.96. The van der Waals surface area contributed by atoms with Gasteiger partial charge in [-0.1, -0.05) is 78.3 Å². The number of amides is 11. The number of nitrogens with zero attached hydrogens (tertiary/aromatic N) is 2. The zero-order valence-electron chi connectivity index (χ0n) is 54.8. The number of primary amides is 1. The molecule has 96 heavy (non-hydrogen) atoms. The van der Waals surface area contributed by atoms with Crippen molar-refractivity contribution in [2.24, 2.45) is 29.2 Å². The van der Waals surface area contributed by atoms with Crippen molar-refractivity contribution in [2.75, 3.05) is 13.1 Å². The summed E-state index contributed by atoms with van der Waals surface area (Å²) in [6.07, 6.45) is 0.786. The third kappa shape index (κ3) is 23.2. The van der Waals surface area contributed by atoms with E-state index in [-0.39, 0.29) is 56.7 Å². The Labute approximate surface area is 554 Å². The van der Waals surface area contributed by atoms with Crippen molar-refractivity contribution >= 4 is 87.8 Å². The molecule has 2 aromatic heterocycles. The van der Waals surface area contributed by atoms with Crippen molar-refractivity contribution in [3.05, 3.63) is 84.1 Å². The van der Waals surface area contributed by atoms with E-state index in [1.165, 1.54) is 29.6 Å². The molecule has 1 fully saturated rings. The minimum atomic E-state index is -1.94. The highest BCUT2D eigenvalue weighted by Gasteiger charge is 2.42. The summed E-state index contributed by atoms with van der Waals surface area (Å²) >= 11 is 0. The van der Waals surface area contributed by atoms with Gasteiger partial charge < -0.3 is 94.6 Å². The lowest BCUT2D eigenvalue weighted by Gasteiger charge is -2.32. The van der Waals surface area contributed by atoms with Gasteiger partial charge in [0.05, 0.1) is 25.0 Å². The number of aliphatic hydroxyl groups is 1. The summed E-state index contributed by atoms with van der Waals surface area (Å²) in [6.45, 7) is 10.7. The first-order chi connectivity index (χ1) is 45.4. The van der Waals surface area contributed by atoms with Gasteiger partial charge in [0.25, 0.3) is 0 Å². The fourth-order valence-corrected chi connectivity index (χ4v) is 10.8. The molecule has 1 aliphatic rings. The summed E-state index contributed by atoms with van der Waals surface area (Å²) in [5.41, 5.74) is 13.7. The second kappa shape index (κ2) is 36.6. The number of phenolic OH excluding ortho intramolecular Hbond substituents is 1. The Balaban J connectivity index is 1.34. The third-order valence-electron chi connectivity index (χ3n) is 16.4. The predicted molar refractivity (Wildman–Crippen MR) is 346 cm³/mol. The monoisotopic (exact) mass is 1340 g/mol. The number of para-hydroxylation sites is 1. The van der Waals surface area contributed by atoms with Gasteiger partial charge in [0.2, 0.25) is 65.0 Å². The summed E-state index contributed by atoms with van der Waals surface area (Å²) in [4.78, 5) is 188. The number of carboxylic acid groups (broad SMARTS) is 2. The molecule has 0 spiro atoms. The van der Waals surface area contributed by atoms with Crippen LogP contribution in [0, 0.1) is 17.8 Å². The van der Waals surface area contributed by atoms with Gasteiger partial charge in [-0.15, -0.1) is 0 Å². The summed E-state index contributed by atoms with van der Waals surface area (Å²) in [7, 11) is 0. The maximum atomic E-state index is 14.9. The standard InChI is InChI=1S/C64H91N15O17/c1-8-34(6)53(61(92)74-46(26-37-28-68-42-13-10-9-12-40(37)42)63(94)79-23-11-14-48(79)59(90)75-47(64(95)96)24-32(2)3)77-58(89)45(27-38-29-67-31-70-38)73-62(93)54(35(7)80)78-57(88)43(19-21-49(66)82)71-56(87)44(20-22-51(84)85)72-60(91)52(33(4)5)76-50(83)30-69-55(86)41(65)25-36-15-17-39(81)18-16-36/h9-10,12-13,15-18,28-29,31-35,41,43-48,52-54,68,80-81H,8,11,14,19-27,30,65H2,1-7H3,(H2,66,82)(H,67,70)(H,69,86)(H,71,87)(H,72,91)(H,73,93)(H,74,92)(H,75,90)(H,76,83)(H,77,89)(H,78,88)(H,84,85)(H,95,96)/t34-,35+,41-,43-,44-,45-,46-,47-,48-,52-,53-,54-/m0/s1. The van der Waals surface area contributed by atoms with Gasteiger partial charge in [-0.3, -0.25) is 57.5 Å². The number of likely N-dealkylation sites (tertiary alicyclic amines) is 1. The van der Waals surface area contributed by atoms with Gasteiger partial charge in [-0.25, -0.2) is 9.78 Å². The minimum Gasteiger partial charge on any atom is -0.508 e. The van der Waals surface area contributed by atoms with E-state index >= 15 is 0 Å². The number of aromatic nitrogens is 3. The number of phenols is 1. The first-order valence-corrected chi connectivity index (χ1v) is 31.8. The molecule has 4 aromatic rings. The SMILES string of the molecule is CC[C@H](C)[C@H](NC(=O)[C@H](Cc1cnc[nH]1)NC(=O)[C@@H](NC(=O)[C@H](CCC(N)=O)NC(=O)[C@H](CCC(=O)O)NC(=O)[C@@H](NC(=O)CNC(=O)[C@@H](N)Cc1ccc(O)cc1)C(C)C)[C@@H](C)O)C(=O)N[C@@H](Cc1c[nH]c2ccccc12)C(=O)N1CCC[C@H]1C(=O)N[C@@H](CC(C)C)C(=O)O. The van der Waals surface area contributed by atoms with Crippen LogP contribution in [0.4, 0.5) is 0 Å². The molecule has 1 saturated heterocycles. The number of aliphatic carboxylic acids is 2. The van der Waals surface area contributed by atoms with Crippen molar-refractivity contribution < 1.29 is 82.8 Å². The van der Waals surface area contributed by atoms with Crippen LogP contribution >= 0.6 is 0 Å².